The van der Waals surface area contributed by atoms with Crippen LogP contribution in [0.2, 0.25) is 0 Å². The molecule has 3 N–H and O–H groups in total. The average Bonchev–Trinajstić information content (AvgIpc) is 3.62. The van der Waals surface area contributed by atoms with Gasteiger partial charge in [0.2, 0.25) is 5.91 Å². The Morgan fingerprint density at radius 3 is 1.97 bits per heavy atom. The molecular formula is C22H25N3O5. The summed E-state index contributed by atoms with van der Waals surface area (Å²) < 4.78 is 10.3. The van der Waals surface area contributed by atoms with Gasteiger partial charge in [0.15, 0.2) is 11.5 Å². The van der Waals surface area contributed by atoms with Crippen molar-refractivity contribution in [2.75, 3.05) is 32.6 Å². The van der Waals surface area contributed by atoms with Gasteiger partial charge in [-0.05, 0) is 55.3 Å². The lowest BCUT2D eigenvalue weighted by atomic mass is 10.2. The Labute approximate surface area is 174 Å². The van der Waals surface area contributed by atoms with Crippen molar-refractivity contribution < 1.29 is 23.9 Å². The van der Waals surface area contributed by atoms with Crippen molar-refractivity contribution in [2.45, 2.75) is 12.8 Å². The normalized spacial score (nSPS) is 12.6. The van der Waals surface area contributed by atoms with E-state index >= 15 is 0 Å². The van der Waals surface area contributed by atoms with Crippen molar-refractivity contribution in [1.82, 2.24) is 10.6 Å². The van der Waals surface area contributed by atoms with Crippen LogP contribution < -0.4 is 25.4 Å². The highest BCUT2D eigenvalue weighted by Gasteiger charge is 2.29. The molecule has 3 amide bonds. The number of hydrogen-bond donors (Lipinski definition) is 3. The summed E-state index contributed by atoms with van der Waals surface area (Å²) in [5, 5.41) is 8.32. The summed E-state index contributed by atoms with van der Waals surface area (Å²) in [6.07, 6.45) is 1.88. The Kier molecular flexibility index (Phi) is 6.90. The molecule has 2 aromatic carbocycles. The Morgan fingerprint density at radius 1 is 0.833 bits per heavy atom. The Morgan fingerprint density at radius 2 is 1.40 bits per heavy atom. The van der Waals surface area contributed by atoms with E-state index < -0.39 is 0 Å². The molecule has 2 aromatic rings. The fraction of sp³-hybridized carbons (Fsp3) is 0.318. The SMILES string of the molecule is COc1ccc(C(=O)NCCNC(=O)c2ccc(NC(=O)C3CC3)cc2)cc1OC. The van der Waals surface area contributed by atoms with E-state index in [9.17, 15) is 14.4 Å². The van der Waals surface area contributed by atoms with Crippen LogP contribution in [0.15, 0.2) is 42.5 Å². The monoisotopic (exact) mass is 411 g/mol. The van der Waals surface area contributed by atoms with Crippen molar-refractivity contribution in [1.29, 1.82) is 0 Å². The maximum atomic E-state index is 12.3. The highest BCUT2D eigenvalue weighted by molar-refractivity contribution is 5.97. The van der Waals surface area contributed by atoms with E-state index in [4.69, 9.17) is 9.47 Å². The van der Waals surface area contributed by atoms with Gasteiger partial charge in [0.1, 0.15) is 0 Å². The standard InChI is InChI=1S/C22H25N3O5/c1-29-18-10-7-16(13-19(18)30-2)21(27)24-12-11-23-20(26)14-5-8-17(9-6-14)25-22(28)15-3-4-15/h5-10,13,15H,3-4,11-12H2,1-2H3,(H,23,26)(H,24,27)(H,25,28). The number of benzene rings is 2. The topological polar surface area (TPSA) is 106 Å². The van der Waals surface area contributed by atoms with Gasteiger partial charge in [-0.1, -0.05) is 0 Å². The predicted octanol–water partition coefficient (Wildman–Crippen LogP) is 2.21. The third kappa shape index (κ3) is 5.50. The summed E-state index contributed by atoms with van der Waals surface area (Å²) in [4.78, 5) is 36.2. The van der Waals surface area contributed by atoms with Crippen LogP contribution in [0.3, 0.4) is 0 Å². The van der Waals surface area contributed by atoms with Crippen molar-refractivity contribution in [3.63, 3.8) is 0 Å². The molecule has 30 heavy (non-hydrogen) atoms. The molecule has 8 nitrogen and oxygen atoms in total. The zero-order valence-electron chi connectivity index (χ0n) is 17.0. The van der Waals surface area contributed by atoms with Crippen LogP contribution in [0.1, 0.15) is 33.6 Å². The summed E-state index contributed by atoms with van der Waals surface area (Å²) in [5.41, 5.74) is 1.58. The summed E-state index contributed by atoms with van der Waals surface area (Å²) in [5.74, 6) is 0.630. The average molecular weight is 411 g/mol. The molecule has 1 fully saturated rings. The number of methoxy groups -OCH3 is 2. The molecule has 8 heteroatoms. The van der Waals surface area contributed by atoms with Crippen LogP contribution in [0, 0.1) is 5.92 Å². The molecule has 0 aromatic heterocycles. The molecule has 0 atom stereocenters. The van der Waals surface area contributed by atoms with Crippen molar-refractivity contribution >= 4 is 23.4 Å². The summed E-state index contributed by atoms with van der Waals surface area (Å²) >= 11 is 0. The largest absolute Gasteiger partial charge is 0.493 e. The molecule has 1 aliphatic rings. The van der Waals surface area contributed by atoms with E-state index in [1.165, 1.54) is 14.2 Å². The third-order valence-corrected chi connectivity index (χ3v) is 4.70. The molecule has 0 aliphatic heterocycles. The Hall–Kier alpha value is -3.55. The third-order valence-electron chi connectivity index (χ3n) is 4.70. The minimum atomic E-state index is -0.277. The van der Waals surface area contributed by atoms with Crippen LogP contribution in [-0.4, -0.2) is 45.0 Å². The first-order valence-electron chi connectivity index (χ1n) is 9.71. The zero-order chi connectivity index (χ0) is 21.5. The zero-order valence-corrected chi connectivity index (χ0v) is 17.0. The lowest BCUT2D eigenvalue weighted by Crippen LogP contribution is -2.34. The molecule has 0 spiro atoms. The fourth-order valence-corrected chi connectivity index (χ4v) is 2.83. The van der Waals surface area contributed by atoms with E-state index in [2.05, 4.69) is 16.0 Å². The second-order valence-electron chi connectivity index (χ2n) is 6.92. The van der Waals surface area contributed by atoms with Crippen molar-refractivity contribution in [3.8, 4) is 11.5 Å². The smallest absolute Gasteiger partial charge is 0.251 e. The van der Waals surface area contributed by atoms with Gasteiger partial charge in [-0.2, -0.15) is 0 Å². The van der Waals surface area contributed by atoms with E-state index in [1.54, 1.807) is 42.5 Å². The molecule has 158 valence electrons. The van der Waals surface area contributed by atoms with Crippen LogP contribution in [-0.2, 0) is 4.79 Å². The first kappa shape index (κ1) is 21.2. The van der Waals surface area contributed by atoms with Gasteiger partial charge in [-0.15, -0.1) is 0 Å². The van der Waals surface area contributed by atoms with Gasteiger partial charge >= 0.3 is 0 Å². The molecule has 0 bridgehead atoms. The number of nitrogens with one attached hydrogen (secondary N) is 3. The van der Waals surface area contributed by atoms with Gasteiger partial charge in [0.25, 0.3) is 11.8 Å². The number of amides is 3. The molecule has 1 aliphatic carbocycles. The fourth-order valence-electron chi connectivity index (χ4n) is 2.83. The van der Waals surface area contributed by atoms with Crippen molar-refractivity contribution in [2.24, 2.45) is 5.92 Å². The predicted molar refractivity (Wildman–Crippen MR) is 112 cm³/mol. The van der Waals surface area contributed by atoms with Crippen LogP contribution in [0.25, 0.3) is 0 Å². The maximum Gasteiger partial charge on any atom is 0.251 e. The van der Waals surface area contributed by atoms with Crippen molar-refractivity contribution in [3.05, 3.63) is 53.6 Å². The molecule has 0 saturated heterocycles. The summed E-state index contributed by atoms with van der Waals surface area (Å²) in [6.45, 7) is 0.548. The Balaban J connectivity index is 1.43. The number of rotatable bonds is 9. The number of carbonyl (C=O) groups excluding carboxylic acids is 3. The van der Waals surface area contributed by atoms with E-state index in [0.29, 0.717) is 28.3 Å². The van der Waals surface area contributed by atoms with E-state index in [-0.39, 0.29) is 36.7 Å². The van der Waals surface area contributed by atoms with Crippen LogP contribution in [0.5, 0.6) is 11.5 Å². The highest BCUT2D eigenvalue weighted by Crippen LogP contribution is 2.30. The Bertz CT molecular complexity index is 923. The van der Waals surface area contributed by atoms with Gasteiger partial charge in [-0.3, -0.25) is 14.4 Å². The molecular weight excluding hydrogens is 386 g/mol. The van der Waals surface area contributed by atoms with Gasteiger partial charge < -0.3 is 25.4 Å². The minimum absolute atomic E-state index is 0.0254. The van der Waals surface area contributed by atoms with Gasteiger partial charge in [0.05, 0.1) is 14.2 Å². The van der Waals surface area contributed by atoms with Crippen LogP contribution in [0.4, 0.5) is 5.69 Å². The van der Waals surface area contributed by atoms with E-state index in [0.717, 1.165) is 12.8 Å². The lowest BCUT2D eigenvalue weighted by Gasteiger charge is -2.10. The molecule has 0 heterocycles. The number of hydrogen-bond acceptors (Lipinski definition) is 5. The molecule has 3 rings (SSSR count). The van der Waals surface area contributed by atoms with Gasteiger partial charge in [-0.25, -0.2) is 0 Å². The second-order valence-corrected chi connectivity index (χ2v) is 6.92. The number of carbonyl (C=O) groups is 3. The minimum Gasteiger partial charge on any atom is -0.493 e. The summed E-state index contributed by atoms with van der Waals surface area (Å²) in [6, 6.07) is 11.6. The summed E-state index contributed by atoms with van der Waals surface area (Å²) in [7, 11) is 3.03. The number of anilines is 1. The number of ether oxygens (including phenoxy) is 2. The molecule has 0 unspecified atom stereocenters. The van der Waals surface area contributed by atoms with Gasteiger partial charge in [0, 0.05) is 35.8 Å². The first-order chi connectivity index (χ1) is 14.5. The maximum absolute atomic E-state index is 12.3. The second kappa shape index (κ2) is 9.78. The first-order valence-corrected chi connectivity index (χ1v) is 9.71. The highest BCUT2D eigenvalue weighted by atomic mass is 16.5. The quantitative estimate of drug-likeness (QED) is 0.549. The van der Waals surface area contributed by atoms with E-state index in [1.807, 2.05) is 0 Å². The lowest BCUT2D eigenvalue weighted by molar-refractivity contribution is -0.117. The molecule has 0 radical (unpaired) electrons. The molecule has 1 saturated carbocycles. The van der Waals surface area contributed by atoms with Crippen LogP contribution >= 0.6 is 0 Å².